The van der Waals surface area contributed by atoms with E-state index in [1.54, 1.807) is 13.8 Å². The zero-order valence-electron chi connectivity index (χ0n) is 6.42. The molecule has 1 heterocycles. The minimum absolute atomic E-state index is 0.00176. The van der Waals surface area contributed by atoms with Crippen LogP contribution in [-0.2, 0) is 0 Å². The van der Waals surface area contributed by atoms with Crippen molar-refractivity contribution in [1.82, 2.24) is 9.97 Å². The number of aromatic nitrogens is 2. The van der Waals surface area contributed by atoms with Gasteiger partial charge in [0.1, 0.15) is 5.82 Å². The average molecular weight is 154 g/mol. The first kappa shape index (κ1) is 7.74. The minimum atomic E-state index is -0.00176. The number of hydrogen-bond donors (Lipinski definition) is 3. The second-order valence-corrected chi connectivity index (χ2v) is 2.20. The highest BCUT2D eigenvalue weighted by Gasteiger charge is 2.05. The summed E-state index contributed by atoms with van der Waals surface area (Å²) in [5.74, 6) is 5.92. The molecule has 11 heavy (non-hydrogen) atoms. The maximum Gasteiger partial charge on any atom is 0.186 e. The van der Waals surface area contributed by atoms with Gasteiger partial charge in [-0.25, -0.2) is 15.8 Å². The summed E-state index contributed by atoms with van der Waals surface area (Å²) in [6, 6.07) is 0. The monoisotopic (exact) mass is 154 g/mol. The molecule has 5 nitrogen and oxygen atoms in total. The number of aryl methyl sites for hydroxylation is 2. The predicted molar refractivity (Wildman–Crippen MR) is 41.0 cm³/mol. The van der Waals surface area contributed by atoms with E-state index in [-0.39, 0.29) is 11.6 Å². The molecule has 1 aromatic rings. The lowest BCUT2D eigenvalue weighted by Crippen LogP contribution is -2.10. The van der Waals surface area contributed by atoms with Crippen LogP contribution in [-0.4, -0.2) is 15.1 Å². The number of rotatable bonds is 1. The molecule has 0 atom stereocenters. The van der Waals surface area contributed by atoms with Crippen LogP contribution in [0.5, 0.6) is 5.75 Å². The Labute approximate surface area is 64.3 Å². The van der Waals surface area contributed by atoms with Crippen molar-refractivity contribution in [3.05, 3.63) is 11.5 Å². The number of nitrogens with one attached hydrogen (secondary N) is 1. The van der Waals surface area contributed by atoms with Gasteiger partial charge in [0.2, 0.25) is 0 Å². The topological polar surface area (TPSA) is 84.1 Å². The summed E-state index contributed by atoms with van der Waals surface area (Å²) < 4.78 is 0. The molecule has 0 aliphatic heterocycles. The van der Waals surface area contributed by atoms with Crippen molar-refractivity contribution in [3.63, 3.8) is 0 Å². The molecular formula is C6H10N4O. The fraction of sp³-hybridized carbons (Fsp3) is 0.333. The van der Waals surface area contributed by atoms with E-state index in [1.165, 1.54) is 0 Å². The molecule has 1 aromatic heterocycles. The molecule has 0 aromatic carbocycles. The van der Waals surface area contributed by atoms with Crippen LogP contribution in [0.4, 0.5) is 5.82 Å². The molecule has 0 aliphatic rings. The van der Waals surface area contributed by atoms with Crippen LogP contribution in [0.2, 0.25) is 0 Å². The van der Waals surface area contributed by atoms with Gasteiger partial charge in [-0.2, -0.15) is 0 Å². The summed E-state index contributed by atoms with van der Waals surface area (Å²) in [6.45, 7) is 3.41. The number of hydrazine groups is 1. The van der Waals surface area contributed by atoms with Crippen molar-refractivity contribution < 1.29 is 5.11 Å². The Hall–Kier alpha value is -1.36. The van der Waals surface area contributed by atoms with Crippen molar-refractivity contribution in [2.24, 2.45) is 5.84 Å². The molecule has 0 unspecified atom stereocenters. The minimum Gasteiger partial charge on any atom is -0.503 e. The van der Waals surface area contributed by atoms with E-state index in [4.69, 9.17) is 5.84 Å². The molecule has 0 fully saturated rings. The molecule has 4 N–H and O–H groups in total. The van der Waals surface area contributed by atoms with Gasteiger partial charge in [0.15, 0.2) is 11.6 Å². The Kier molecular flexibility index (Phi) is 1.91. The van der Waals surface area contributed by atoms with Crippen LogP contribution >= 0.6 is 0 Å². The van der Waals surface area contributed by atoms with Crippen LogP contribution in [0, 0.1) is 13.8 Å². The molecule has 0 saturated carbocycles. The maximum absolute atomic E-state index is 9.25. The Balaban J connectivity index is 3.24. The van der Waals surface area contributed by atoms with E-state index in [0.29, 0.717) is 11.5 Å². The van der Waals surface area contributed by atoms with Crippen molar-refractivity contribution in [2.45, 2.75) is 13.8 Å². The van der Waals surface area contributed by atoms with E-state index in [2.05, 4.69) is 15.4 Å². The van der Waals surface area contributed by atoms with Crippen molar-refractivity contribution in [1.29, 1.82) is 0 Å². The van der Waals surface area contributed by atoms with Gasteiger partial charge in [0, 0.05) is 0 Å². The van der Waals surface area contributed by atoms with Gasteiger partial charge in [0.25, 0.3) is 0 Å². The number of nitrogens with zero attached hydrogens (tertiary/aromatic N) is 2. The van der Waals surface area contributed by atoms with Crippen molar-refractivity contribution in [2.75, 3.05) is 5.43 Å². The van der Waals surface area contributed by atoms with Gasteiger partial charge < -0.3 is 10.5 Å². The first-order valence-corrected chi connectivity index (χ1v) is 3.16. The zero-order chi connectivity index (χ0) is 8.43. The molecule has 0 spiro atoms. The summed E-state index contributed by atoms with van der Waals surface area (Å²) in [4.78, 5) is 7.78. The highest BCUT2D eigenvalue weighted by molar-refractivity contribution is 5.50. The highest BCUT2D eigenvalue weighted by Crippen LogP contribution is 2.21. The molecule has 0 amide bonds. The number of anilines is 1. The number of nitrogens with two attached hydrogens (primary N) is 1. The summed E-state index contributed by atoms with van der Waals surface area (Å²) in [6.07, 6.45) is 0. The maximum atomic E-state index is 9.25. The predicted octanol–water partition coefficient (Wildman–Crippen LogP) is 0.0846. The Morgan fingerprint density at radius 2 is 2.00 bits per heavy atom. The van der Waals surface area contributed by atoms with Gasteiger partial charge in [-0.15, -0.1) is 0 Å². The second-order valence-electron chi connectivity index (χ2n) is 2.20. The van der Waals surface area contributed by atoms with Gasteiger partial charge in [-0.3, -0.25) is 0 Å². The molecule has 0 radical (unpaired) electrons. The standard InChI is InChI=1S/C6H10N4O/c1-3-5(11)6(10-7)9-4(2)8-3/h11H,7H2,1-2H3,(H,8,9,10). The summed E-state index contributed by atoms with van der Waals surface area (Å²) >= 11 is 0. The Morgan fingerprint density at radius 1 is 1.36 bits per heavy atom. The average Bonchev–Trinajstić information content (AvgIpc) is 1.96. The summed E-state index contributed by atoms with van der Waals surface area (Å²) in [7, 11) is 0. The lowest BCUT2D eigenvalue weighted by molar-refractivity contribution is 0.466. The quantitative estimate of drug-likeness (QED) is 0.394. The second kappa shape index (κ2) is 2.71. The third kappa shape index (κ3) is 1.38. The van der Waals surface area contributed by atoms with E-state index >= 15 is 0 Å². The smallest absolute Gasteiger partial charge is 0.186 e. The number of aromatic hydroxyl groups is 1. The van der Waals surface area contributed by atoms with Crippen LogP contribution < -0.4 is 11.3 Å². The van der Waals surface area contributed by atoms with Crippen LogP contribution in [0.3, 0.4) is 0 Å². The van der Waals surface area contributed by atoms with Crippen LogP contribution in [0.15, 0.2) is 0 Å². The molecule has 0 bridgehead atoms. The highest BCUT2D eigenvalue weighted by atomic mass is 16.3. The Morgan fingerprint density at radius 3 is 2.55 bits per heavy atom. The zero-order valence-corrected chi connectivity index (χ0v) is 6.42. The third-order valence-electron chi connectivity index (χ3n) is 1.31. The van der Waals surface area contributed by atoms with Crippen LogP contribution in [0.25, 0.3) is 0 Å². The SMILES string of the molecule is Cc1nc(C)c(O)c(NN)n1. The van der Waals surface area contributed by atoms with Crippen molar-refractivity contribution in [3.8, 4) is 5.75 Å². The number of hydrogen-bond acceptors (Lipinski definition) is 5. The third-order valence-corrected chi connectivity index (χ3v) is 1.31. The first-order chi connectivity index (χ1) is 5.15. The largest absolute Gasteiger partial charge is 0.503 e. The van der Waals surface area contributed by atoms with E-state index in [0.717, 1.165) is 0 Å². The summed E-state index contributed by atoms with van der Waals surface area (Å²) in [5, 5.41) is 9.25. The normalized spacial score (nSPS) is 9.73. The molecule has 60 valence electrons. The summed E-state index contributed by atoms with van der Waals surface area (Å²) in [5.41, 5.74) is 2.79. The van der Waals surface area contributed by atoms with Crippen molar-refractivity contribution >= 4 is 5.82 Å². The molecule has 0 saturated heterocycles. The first-order valence-electron chi connectivity index (χ1n) is 3.16. The van der Waals surface area contributed by atoms with Crippen LogP contribution in [0.1, 0.15) is 11.5 Å². The van der Waals surface area contributed by atoms with Gasteiger partial charge in [0.05, 0.1) is 5.69 Å². The van der Waals surface area contributed by atoms with E-state index in [1.807, 2.05) is 0 Å². The van der Waals surface area contributed by atoms with E-state index < -0.39 is 0 Å². The fourth-order valence-electron chi connectivity index (χ4n) is 0.807. The van der Waals surface area contributed by atoms with Gasteiger partial charge >= 0.3 is 0 Å². The molecular weight excluding hydrogens is 144 g/mol. The lowest BCUT2D eigenvalue weighted by atomic mass is 10.4. The van der Waals surface area contributed by atoms with E-state index in [9.17, 15) is 5.11 Å². The molecule has 0 aliphatic carbocycles. The fourth-order valence-corrected chi connectivity index (χ4v) is 0.807. The molecule has 5 heteroatoms. The number of nitrogen functional groups attached to an aromatic ring is 1. The molecule has 1 rings (SSSR count). The van der Waals surface area contributed by atoms with Gasteiger partial charge in [-0.05, 0) is 13.8 Å². The van der Waals surface area contributed by atoms with Gasteiger partial charge in [-0.1, -0.05) is 0 Å². The Bertz CT molecular complexity index is 274. The lowest BCUT2D eigenvalue weighted by Gasteiger charge is -2.04.